The van der Waals surface area contributed by atoms with Crippen LogP contribution >= 0.6 is 0 Å². The van der Waals surface area contributed by atoms with Crippen molar-refractivity contribution in [2.45, 2.75) is 39.7 Å². The van der Waals surface area contributed by atoms with E-state index in [0.29, 0.717) is 12.1 Å². The summed E-state index contributed by atoms with van der Waals surface area (Å²) in [5.41, 5.74) is 8.54. The number of aryl methyl sites for hydroxylation is 1. The molecule has 3 nitrogen and oxygen atoms in total. The van der Waals surface area contributed by atoms with E-state index < -0.39 is 0 Å². The molecule has 3 heteroatoms. The van der Waals surface area contributed by atoms with Crippen molar-refractivity contribution < 1.29 is 4.79 Å². The number of amides is 1. The zero-order valence-corrected chi connectivity index (χ0v) is 10.2. The number of hydrogen-bond acceptors (Lipinski definition) is 2. The topological polar surface area (TPSA) is 55.1 Å². The van der Waals surface area contributed by atoms with E-state index in [-0.39, 0.29) is 11.9 Å². The molecule has 0 heterocycles. The standard InChI is InChI=1S/C13H20N2O/c1-4-10(3)15-13(16)8-11-7-9(2)5-6-12(11)14/h5-7,10H,4,8,14H2,1-3H3,(H,15,16)/t10-/m0/s1. The Labute approximate surface area is 97.0 Å². The van der Waals surface area contributed by atoms with Crippen molar-refractivity contribution >= 4 is 11.6 Å². The minimum atomic E-state index is 0.0339. The molecule has 0 unspecified atom stereocenters. The maximum atomic E-state index is 11.7. The Bertz CT molecular complexity index is 374. The molecule has 0 radical (unpaired) electrons. The molecule has 0 spiro atoms. The summed E-state index contributed by atoms with van der Waals surface area (Å²) in [5.74, 6) is 0.0339. The van der Waals surface area contributed by atoms with Crippen LogP contribution in [0.5, 0.6) is 0 Å². The Kier molecular flexibility index (Phi) is 4.35. The van der Waals surface area contributed by atoms with Crippen LogP contribution < -0.4 is 11.1 Å². The Hall–Kier alpha value is -1.51. The fourth-order valence-electron chi connectivity index (χ4n) is 1.49. The van der Waals surface area contributed by atoms with Gasteiger partial charge in [0.15, 0.2) is 0 Å². The third-order valence-electron chi connectivity index (χ3n) is 2.67. The first kappa shape index (κ1) is 12.6. The molecule has 0 aliphatic rings. The van der Waals surface area contributed by atoms with Gasteiger partial charge in [0.2, 0.25) is 5.91 Å². The smallest absolute Gasteiger partial charge is 0.224 e. The van der Waals surface area contributed by atoms with Crippen LogP contribution in [0.15, 0.2) is 18.2 Å². The Morgan fingerprint density at radius 1 is 1.50 bits per heavy atom. The van der Waals surface area contributed by atoms with Gasteiger partial charge in [0.1, 0.15) is 0 Å². The number of nitrogen functional groups attached to an aromatic ring is 1. The third kappa shape index (κ3) is 3.57. The second-order valence-corrected chi connectivity index (χ2v) is 4.26. The van der Waals surface area contributed by atoms with Crippen molar-refractivity contribution in [1.82, 2.24) is 5.32 Å². The number of nitrogens with one attached hydrogen (secondary N) is 1. The summed E-state index contributed by atoms with van der Waals surface area (Å²) in [6.45, 7) is 6.04. The van der Waals surface area contributed by atoms with E-state index in [9.17, 15) is 4.79 Å². The molecule has 1 amide bonds. The Balaban J connectivity index is 2.65. The van der Waals surface area contributed by atoms with Crippen molar-refractivity contribution in [2.75, 3.05) is 5.73 Å². The lowest BCUT2D eigenvalue weighted by Gasteiger charge is -2.12. The molecule has 0 aromatic heterocycles. The molecule has 1 aromatic rings. The molecular formula is C13H20N2O. The van der Waals surface area contributed by atoms with Crippen molar-refractivity contribution in [1.29, 1.82) is 0 Å². The average molecular weight is 220 g/mol. The number of anilines is 1. The van der Waals surface area contributed by atoms with E-state index in [0.717, 1.165) is 17.5 Å². The van der Waals surface area contributed by atoms with Gasteiger partial charge in [0, 0.05) is 11.7 Å². The van der Waals surface area contributed by atoms with E-state index in [4.69, 9.17) is 5.73 Å². The maximum Gasteiger partial charge on any atom is 0.224 e. The summed E-state index contributed by atoms with van der Waals surface area (Å²) in [6.07, 6.45) is 1.30. The van der Waals surface area contributed by atoms with Crippen LogP contribution in [0.4, 0.5) is 5.69 Å². The molecule has 3 N–H and O–H groups in total. The lowest BCUT2D eigenvalue weighted by Crippen LogP contribution is -2.33. The van der Waals surface area contributed by atoms with Gasteiger partial charge in [-0.25, -0.2) is 0 Å². The fraction of sp³-hybridized carbons (Fsp3) is 0.462. The Morgan fingerprint density at radius 2 is 2.19 bits per heavy atom. The van der Waals surface area contributed by atoms with E-state index in [1.54, 1.807) is 0 Å². The number of rotatable bonds is 4. The van der Waals surface area contributed by atoms with Gasteiger partial charge < -0.3 is 11.1 Å². The number of hydrogen-bond donors (Lipinski definition) is 2. The highest BCUT2D eigenvalue weighted by Gasteiger charge is 2.08. The monoisotopic (exact) mass is 220 g/mol. The number of nitrogens with two attached hydrogens (primary N) is 1. The maximum absolute atomic E-state index is 11.7. The van der Waals surface area contributed by atoms with Gasteiger partial charge in [-0.3, -0.25) is 4.79 Å². The van der Waals surface area contributed by atoms with Crippen LogP contribution in [-0.2, 0) is 11.2 Å². The van der Waals surface area contributed by atoms with Crippen LogP contribution in [0, 0.1) is 6.92 Å². The summed E-state index contributed by atoms with van der Waals surface area (Å²) in [4.78, 5) is 11.7. The van der Waals surface area contributed by atoms with E-state index in [1.807, 2.05) is 39.0 Å². The molecule has 1 rings (SSSR count). The largest absolute Gasteiger partial charge is 0.398 e. The van der Waals surface area contributed by atoms with E-state index in [2.05, 4.69) is 5.32 Å². The molecule has 0 saturated carbocycles. The van der Waals surface area contributed by atoms with Crippen LogP contribution in [0.25, 0.3) is 0 Å². The number of carbonyl (C=O) groups excluding carboxylic acids is 1. The second kappa shape index (κ2) is 5.54. The molecule has 0 aliphatic heterocycles. The predicted molar refractivity (Wildman–Crippen MR) is 67.2 cm³/mol. The first-order valence-electron chi connectivity index (χ1n) is 5.67. The molecular weight excluding hydrogens is 200 g/mol. The highest BCUT2D eigenvalue weighted by Crippen LogP contribution is 2.14. The minimum absolute atomic E-state index is 0.0339. The highest BCUT2D eigenvalue weighted by atomic mass is 16.1. The number of benzene rings is 1. The Morgan fingerprint density at radius 3 is 2.81 bits per heavy atom. The van der Waals surface area contributed by atoms with Gasteiger partial charge >= 0.3 is 0 Å². The van der Waals surface area contributed by atoms with Crippen LogP contribution in [0.1, 0.15) is 31.4 Å². The van der Waals surface area contributed by atoms with E-state index in [1.165, 1.54) is 0 Å². The van der Waals surface area contributed by atoms with Gasteiger partial charge in [-0.1, -0.05) is 24.6 Å². The zero-order valence-electron chi connectivity index (χ0n) is 10.2. The van der Waals surface area contributed by atoms with Crippen molar-refractivity contribution in [3.8, 4) is 0 Å². The molecule has 1 atom stereocenters. The summed E-state index contributed by atoms with van der Waals surface area (Å²) in [6, 6.07) is 5.98. The van der Waals surface area contributed by atoms with Gasteiger partial charge in [-0.05, 0) is 31.9 Å². The van der Waals surface area contributed by atoms with Crippen molar-refractivity contribution in [3.05, 3.63) is 29.3 Å². The first-order valence-corrected chi connectivity index (χ1v) is 5.67. The van der Waals surface area contributed by atoms with Crippen LogP contribution in [0.3, 0.4) is 0 Å². The van der Waals surface area contributed by atoms with Crippen molar-refractivity contribution in [3.63, 3.8) is 0 Å². The van der Waals surface area contributed by atoms with Crippen molar-refractivity contribution in [2.24, 2.45) is 0 Å². The molecule has 0 saturated heterocycles. The summed E-state index contributed by atoms with van der Waals surface area (Å²) in [5, 5.41) is 2.93. The second-order valence-electron chi connectivity index (χ2n) is 4.26. The van der Waals surface area contributed by atoms with Gasteiger partial charge in [0.05, 0.1) is 6.42 Å². The third-order valence-corrected chi connectivity index (χ3v) is 2.67. The van der Waals surface area contributed by atoms with Gasteiger partial charge in [-0.2, -0.15) is 0 Å². The minimum Gasteiger partial charge on any atom is -0.398 e. The summed E-state index contributed by atoms with van der Waals surface area (Å²) in [7, 11) is 0. The number of carbonyl (C=O) groups is 1. The quantitative estimate of drug-likeness (QED) is 0.763. The highest BCUT2D eigenvalue weighted by molar-refractivity contribution is 5.80. The summed E-state index contributed by atoms with van der Waals surface area (Å²) >= 11 is 0. The molecule has 0 aliphatic carbocycles. The fourth-order valence-corrected chi connectivity index (χ4v) is 1.49. The lowest BCUT2D eigenvalue weighted by molar-refractivity contribution is -0.121. The first-order chi connectivity index (χ1) is 7.52. The normalized spacial score (nSPS) is 12.2. The van der Waals surface area contributed by atoms with E-state index >= 15 is 0 Å². The van der Waals surface area contributed by atoms with Gasteiger partial charge in [0.25, 0.3) is 0 Å². The molecule has 16 heavy (non-hydrogen) atoms. The van der Waals surface area contributed by atoms with Gasteiger partial charge in [-0.15, -0.1) is 0 Å². The van der Waals surface area contributed by atoms with Crippen LogP contribution in [0.2, 0.25) is 0 Å². The molecule has 88 valence electrons. The van der Waals surface area contributed by atoms with Crippen LogP contribution in [-0.4, -0.2) is 11.9 Å². The molecule has 0 bridgehead atoms. The summed E-state index contributed by atoms with van der Waals surface area (Å²) < 4.78 is 0. The zero-order chi connectivity index (χ0) is 12.1. The lowest BCUT2D eigenvalue weighted by atomic mass is 10.1. The average Bonchev–Trinajstić information content (AvgIpc) is 2.23. The molecule has 1 aromatic carbocycles. The SMILES string of the molecule is CC[C@H](C)NC(=O)Cc1cc(C)ccc1N. The molecule has 0 fully saturated rings. The predicted octanol–water partition coefficient (Wildman–Crippen LogP) is 2.03.